The number of rotatable bonds is 7. The molecule has 1 aliphatic heterocycles. The van der Waals surface area contributed by atoms with Crippen molar-refractivity contribution in [3.8, 4) is 11.5 Å². The summed E-state index contributed by atoms with van der Waals surface area (Å²) in [4.78, 5) is 36.4. The van der Waals surface area contributed by atoms with E-state index in [0.717, 1.165) is 41.4 Å². The zero-order valence-corrected chi connectivity index (χ0v) is 19.6. The number of aromatic nitrogens is 2. The molecule has 2 amide bonds. The molecule has 1 aliphatic carbocycles. The Bertz CT molecular complexity index is 1280. The molecule has 1 unspecified atom stereocenters. The first-order valence-electron chi connectivity index (χ1n) is 11.5. The van der Waals surface area contributed by atoms with E-state index in [0.29, 0.717) is 36.0 Å². The molecule has 1 saturated carbocycles. The SMILES string of the molecule is COc1ccc(C(=O)N2CC=C(c3cc(N(C=O)C4CC4)nc4[nH]ccc34)C(C)C2)cc1OC. The van der Waals surface area contributed by atoms with Crippen LogP contribution in [0.25, 0.3) is 16.6 Å². The Labute approximate surface area is 198 Å². The number of H-pyrrole nitrogens is 1. The van der Waals surface area contributed by atoms with Gasteiger partial charge in [-0.3, -0.25) is 14.5 Å². The molecular formula is C26H28N4O4. The number of fused-ring (bicyclic) bond motifs is 1. The molecule has 3 aromatic rings. The predicted octanol–water partition coefficient (Wildman–Crippen LogP) is 3.88. The number of nitrogens with one attached hydrogen (secondary N) is 1. The molecule has 2 aromatic heterocycles. The molecule has 1 atom stereocenters. The summed E-state index contributed by atoms with van der Waals surface area (Å²) in [7, 11) is 3.13. The summed E-state index contributed by atoms with van der Waals surface area (Å²) in [6.45, 7) is 3.20. The molecule has 5 rings (SSSR count). The van der Waals surface area contributed by atoms with Crippen molar-refractivity contribution in [2.24, 2.45) is 5.92 Å². The molecule has 2 aliphatic rings. The highest BCUT2D eigenvalue weighted by Crippen LogP contribution is 2.37. The minimum absolute atomic E-state index is 0.0498. The maximum absolute atomic E-state index is 13.2. The quantitative estimate of drug-likeness (QED) is 0.541. The molecule has 176 valence electrons. The van der Waals surface area contributed by atoms with E-state index in [9.17, 15) is 9.59 Å². The number of ether oxygens (including phenoxy) is 2. The second-order valence-electron chi connectivity index (χ2n) is 8.85. The van der Waals surface area contributed by atoms with Crippen molar-refractivity contribution in [3.05, 3.63) is 53.7 Å². The maximum Gasteiger partial charge on any atom is 0.254 e. The summed E-state index contributed by atoms with van der Waals surface area (Å²) in [5, 5.41) is 1.02. The molecule has 0 bridgehead atoms. The third-order valence-corrected chi connectivity index (χ3v) is 6.62. The van der Waals surface area contributed by atoms with Crippen LogP contribution < -0.4 is 14.4 Å². The monoisotopic (exact) mass is 460 g/mol. The smallest absolute Gasteiger partial charge is 0.254 e. The topological polar surface area (TPSA) is 87.8 Å². The summed E-state index contributed by atoms with van der Waals surface area (Å²) in [6, 6.07) is 9.49. The van der Waals surface area contributed by atoms with E-state index in [4.69, 9.17) is 9.47 Å². The summed E-state index contributed by atoms with van der Waals surface area (Å²) < 4.78 is 10.6. The number of nitrogens with zero attached hydrogens (tertiary/aromatic N) is 3. The van der Waals surface area contributed by atoms with Gasteiger partial charge in [0.25, 0.3) is 5.91 Å². The lowest BCUT2D eigenvalue weighted by Crippen LogP contribution is -2.38. The number of amides is 2. The standard InChI is InChI=1S/C26H28N4O4/c1-16-14-29(26(32)17-4-7-22(33-2)23(12-17)34-3)11-9-19(16)21-13-24(30(15-31)18-5-6-18)28-25-20(21)8-10-27-25/h4,7-10,12-13,15-16,18H,5-6,11,14H2,1-3H3,(H,27,28). The summed E-state index contributed by atoms with van der Waals surface area (Å²) in [5.74, 6) is 1.85. The highest BCUT2D eigenvalue weighted by atomic mass is 16.5. The molecule has 8 nitrogen and oxygen atoms in total. The van der Waals surface area contributed by atoms with Crippen molar-refractivity contribution in [1.82, 2.24) is 14.9 Å². The lowest BCUT2D eigenvalue weighted by Gasteiger charge is -2.32. The van der Waals surface area contributed by atoms with Crippen molar-refractivity contribution in [2.45, 2.75) is 25.8 Å². The molecule has 34 heavy (non-hydrogen) atoms. The third kappa shape index (κ3) is 3.89. The number of anilines is 1. The second-order valence-corrected chi connectivity index (χ2v) is 8.85. The van der Waals surface area contributed by atoms with Crippen LogP contribution in [0.3, 0.4) is 0 Å². The van der Waals surface area contributed by atoms with Crippen LogP contribution in [0.2, 0.25) is 0 Å². The number of methoxy groups -OCH3 is 2. The molecule has 1 N–H and O–H groups in total. The molecule has 0 saturated heterocycles. The Kier molecular flexibility index (Phi) is 5.73. The highest BCUT2D eigenvalue weighted by Gasteiger charge is 2.32. The van der Waals surface area contributed by atoms with Gasteiger partial charge in [-0.1, -0.05) is 13.0 Å². The number of hydrogen-bond donors (Lipinski definition) is 1. The van der Waals surface area contributed by atoms with Crippen LogP contribution in [0, 0.1) is 5.92 Å². The lowest BCUT2D eigenvalue weighted by atomic mass is 9.89. The van der Waals surface area contributed by atoms with Crippen molar-refractivity contribution < 1.29 is 19.1 Å². The van der Waals surface area contributed by atoms with Crippen LogP contribution in [-0.2, 0) is 4.79 Å². The lowest BCUT2D eigenvalue weighted by molar-refractivity contribution is -0.107. The average molecular weight is 461 g/mol. The Morgan fingerprint density at radius 2 is 1.97 bits per heavy atom. The van der Waals surface area contributed by atoms with Crippen molar-refractivity contribution >= 4 is 34.7 Å². The van der Waals surface area contributed by atoms with Crippen LogP contribution in [-0.4, -0.2) is 60.5 Å². The fourth-order valence-corrected chi connectivity index (χ4v) is 4.68. The van der Waals surface area contributed by atoms with Gasteiger partial charge in [-0.2, -0.15) is 0 Å². The normalized spacial score (nSPS) is 17.9. The molecule has 1 fully saturated rings. The van der Waals surface area contributed by atoms with Crippen LogP contribution in [0.15, 0.2) is 42.6 Å². The number of benzene rings is 1. The Balaban J connectivity index is 1.45. The number of carbonyl (C=O) groups is 2. The number of pyridine rings is 1. The highest BCUT2D eigenvalue weighted by molar-refractivity contribution is 5.97. The first kappa shape index (κ1) is 22.0. The largest absolute Gasteiger partial charge is 0.493 e. The van der Waals surface area contributed by atoms with Crippen LogP contribution in [0.1, 0.15) is 35.7 Å². The van der Waals surface area contributed by atoms with Gasteiger partial charge in [0.2, 0.25) is 6.41 Å². The van der Waals surface area contributed by atoms with Gasteiger partial charge in [0.1, 0.15) is 11.5 Å². The van der Waals surface area contributed by atoms with E-state index < -0.39 is 0 Å². The first-order chi connectivity index (χ1) is 16.5. The van der Waals surface area contributed by atoms with Gasteiger partial charge in [0.15, 0.2) is 11.5 Å². The van der Waals surface area contributed by atoms with E-state index >= 15 is 0 Å². The molecule has 0 radical (unpaired) electrons. The average Bonchev–Trinajstić information content (AvgIpc) is 3.58. The van der Waals surface area contributed by atoms with Gasteiger partial charge in [-0.15, -0.1) is 0 Å². The van der Waals surface area contributed by atoms with Crippen LogP contribution in [0.4, 0.5) is 5.82 Å². The zero-order chi connectivity index (χ0) is 23.8. The Morgan fingerprint density at radius 1 is 1.18 bits per heavy atom. The van der Waals surface area contributed by atoms with E-state index in [1.807, 2.05) is 23.2 Å². The van der Waals surface area contributed by atoms with E-state index in [1.54, 1.807) is 37.3 Å². The van der Waals surface area contributed by atoms with Gasteiger partial charge >= 0.3 is 0 Å². The first-order valence-corrected chi connectivity index (χ1v) is 11.5. The molecule has 0 spiro atoms. The minimum atomic E-state index is -0.0498. The molecular weight excluding hydrogens is 432 g/mol. The Morgan fingerprint density at radius 3 is 2.65 bits per heavy atom. The zero-order valence-electron chi connectivity index (χ0n) is 19.6. The summed E-state index contributed by atoms with van der Waals surface area (Å²) in [5.41, 5.74) is 3.54. The van der Waals surface area contributed by atoms with Gasteiger partial charge in [-0.05, 0) is 60.2 Å². The van der Waals surface area contributed by atoms with Crippen molar-refractivity contribution in [3.63, 3.8) is 0 Å². The van der Waals surface area contributed by atoms with Gasteiger partial charge < -0.3 is 19.4 Å². The molecule has 3 heterocycles. The maximum atomic E-state index is 13.2. The van der Waals surface area contributed by atoms with E-state index in [1.165, 1.54) is 0 Å². The van der Waals surface area contributed by atoms with E-state index in [-0.39, 0.29) is 17.9 Å². The van der Waals surface area contributed by atoms with Crippen molar-refractivity contribution in [2.75, 3.05) is 32.2 Å². The number of carbonyl (C=O) groups excluding carboxylic acids is 2. The number of aromatic amines is 1. The Hall–Kier alpha value is -3.81. The fourth-order valence-electron chi connectivity index (χ4n) is 4.68. The predicted molar refractivity (Wildman–Crippen MR) is 130 cm³/mol. The minimum Gasteiger partial charge on any atom is -0.493 e. The summed E-state index contributed by atoms with van der Waals surface area (Å²) >= 11 is 0. The van der Waals surface area contributed by atoms with Crippen molar-refractivity contribution in [1.29, 1.82) is 0 Å². The van der Waals surface area contributed by atoms with Gasteiger partial charge in [0, 0.05) is 36.3 Å². The third-order valence-electron chi connectivity index (χ3n) is 6.62. The molecule has 8 heteroatoms. The fraction of sp³-hybridized carbons (Fsp3) is 0.346. The van der Waals surface area contributed by atoms with Gasteiger partial charge in [-0.25, -0.2) is 4.98 Å². The second kappa shape index (κ2) is 8.85. The van der Waals surface area contributed by atoms with Crippen LogP contribution >= 0.6 is 0 Å². The van der Waals surface area contributed by atoms with Gasteiger partial charge in [0.05, 0.1) is 14.2 Å². The molecule has 1 aromatic carbocycles. The van der Waals surface area contributed by atoms with E-state index in [2.05, 4.69) is 23.0 Å². The summed E-state index contributed by atoms with van der Waals surface area (Å²) in [6.07, 6.45) is 6.87. The van der Waals surface area contributed by atoms with Crippen LogP contribution in [0.5, 0.6) is 11.5 Å². The number of hydrogen-bond acceptors (Lipinski definition) is 5.